The summed E-state index contributed by atoms with van der Waals surface area (Å²) in [5.41, 5.74) is 5.30. The molecule has 0 aliphatic heterocycles. The molecule has 0 atom stereocenters. The highest BCUT2D eigenvalue weighted by atomic mass is 16.3. The Balaban J connectivity index is 3.76. The van der Waals surface area contributed by atoms with E-state index < -0.39 is 0 Å². The zero-order chi connectivity index (χ0) is 10.8. The number of rotatable bonds is 8. The molecule has 0 fully saturated rings. The van der Waals surface area contributed by atoms with Crippen LogP contribution in [-0.2, 0) is 4.79 Å². The van der Waals surface area contributed by atoms with Crippen molar-refractivity contribution in [1.82, 2.24) is 4.90 Å². The van der Waals surface area contributed by atoms with Gasteiger partial charge in [0.25, 0.3) is 0 Å². The normalized spacial score (nSPS) is 10.2. The molecule has 0 saturated carbocycles. The predicted octanol–water partition coefficient (Wildman–Crippen LogP) is -1.07. The first-order valence-corrected chi connectivity index (χ1v) is 4.95. The highest BCUT2D eigenvalue weighted by molar-refractivity contribution is 5.76. The van der Waals surface area contributed by atoms with E-state index in [9.17, 15) is 4.79 Å². The SMILES string of the molecule is NCCCCC(=O)N(CCO)CCO. The van der Waals surface area contributed by atoms with Crippen LogP contribution in [0.4, 0.5) is 0 Å². The maximum atomic E-state index is 11.5. The third-order valence-corrected chi connectivity index (χ3v) is 1.94. The summed E-state index contributed by atoms with van der Waals surface area (Å²) in [6.45, 7) is 1.04. The number of hydrogen-bond acceptors (Lipinski definition) is 4. The first kappa shape index (κ1) is 13.4. The number of unbranched alkanes of at least 4 members (excludes halogenated alkanes) is 1. The van der Waals surface area contributed by atoms with Crippen LogP contribution >= 0.6 is 0 Å². The Morgan fingerprint density at radius 2 is 1.71 bits per heavy atom. The topological polar surface area (TPSA) is 86.8 Å². The van der Waals surface area contributed by atoms with Crippen LogP contribution in [0.1, 0.15) is 19.3 Å². The average Bonchev–Trinajstić information content (AvgIpc) is 2.18. The molecule has 0 heterocycles. The van der Waals surface area contributed by atoms with Gasteiger partial charge in [-0.15, -0.1) is 0 Å². The summed E-state index contributed by atoms with van der Waals surface area (Å²) in [6, 6.07) is 0. The van der Waals surface area contributed by atoms with Crippen LogP contribution in [0.5, 0.6) is 0 Å². The first-order chi connectivity index (χ1) is 6.76. The van der Waals surface area contributed by atoms with Gasteiger partial charge in [0.1, 0.15) is 0 Å². The molecule has 0 bridgehead atoms. The maximum Gasteiger partial charge on any atom is 0.222 e. The molecule has 5 heteroatoms. The second-order valence-electron chi connectivity index (χ2n) is 3.07. The van der Waals surface area contributed by atoms with Crippen molar-refractivity contribution in [3.63, 3.8) is 0 Å². The standard InChI is InChI=1S/C9H20N2O3/c10-4-2-1-3-9(14)11(5-7-12)6-8-13/h12-13H,1-8,10H2. The van der Waals surface area contributed by atoms with Crippen molar-refractivity contribution in [3.05, 3.63) is 0 Å². The minimum absolute atomic E-state index is 0.0263. The van der Waals surface area contributed by atoms with Crippen LogP contribution in [0, 0.1) is 0 Å². The fourth-order valence-corrected chi connectivity index (χ4v) is 1.18. The second-order valence-corrected chi connectivity index (χ2v) is 3.07. The van der Waals surface area contributed by atoms with Gasteiger partial charge in [0.05, 0.1) is 13.2 Å². The van der Waals surface area contributed by atoms with Crippen molar-refractivity contribution < 1.29 is 15.0 Å². The van der Waals surface area contributed by atoms with Crippen LogP contribution in [0.3, 0.4) is 0 Å². The third-order valence-electron chi connectivity index (χ3n) is 1.94. The predicted molar refractivity (Wildman–Crippen MR) is 53.7 cm³/mol. The van der Waals surface area contributed by atoms with E-state index in [0.717, 1.165) is 12.8 Å². The zero-order valence-electron chi connectivity index (χ0n) is 8.48. The van der Waals surface area contributed by atoms with E-state index >= 15 is 0 Å². The molecule has 0 rings (SSSR count). The Labute approximate surface area is 84.5 Å². The number of nitrogens with zero attached hydrogens (tertiary/aromatic N) is 1. The lowest BCUT2D eigenvalue weighted by atomic mass is 10.2. The fourth-order valence-electron chi connectivity index (χ4n) is 1.18. The van der Waals surface area contributed by atoms with Crippen molar-refractivity contribution in [1.29, 1.82) is 0 Å². The summed E-state index contributed by atoms with van der Waals surface area (Å²) in [4.78, 5) is 12.9. The lowest BCUT2D eigenvalue weighted by Gasteiger charge is -2.20. The van der Waals surface area contributed by atoms with Gasteiger partial charge < -0.3 is 20.8 Å². The summed E-state index contributed by atoms with van der Waals surface area (Å²) in [7, 11) is 0. The molecule has 4 N–H and O–H groups in total. The Hall–Kier alpha value is -0.650. The van der Waals surface area contributed by atoms with E-state index in [1.807, 2.05) is 0 Å². The highest BCUT2D eigenvalue weighted by Gasteiger charge is 2.11. The van der Waals surface area contributed by atoms with Gasteiger partial charge in [-0.05, 0) is 19.4 Å². The Kier molecular flexibility index (Phi) is 8.51. The van der Waals surface area contributed by atoms with Crippen LogP contribution < -0.4 is 5.73 Å². The maximum absolute atomic E-state index is 11.5. The van der Waals surface area contributed by atoms with Crippen molar-refractivity contribution in [2.75, 3.05) is 32.8 Å². The van der Waals surface area contributed by atoms with Crippen molar-refractivity contribution in [2.24, 2.45) is 5.73 Å². The number of carbonyl (C=O) groups is 1. The molecule has 1 amide bonds. The minimum Gasteiger partial charge on any atom is -0.395 e. The van der Waals surface area contributed by atoms with Crippen molar-refractivity contribution >= 4 is 5.91 Å². The molecular formula is C9H20N2O3. The lowest BCUT2D eigenvalue weighted by molar-refractivity contribution is -0.132. The Morgan fingerprint density at radius 1 is 1.14 bits per heavy atom. The Morgan fingerprint density at radius 3 is 2.14 bits per heavy atom. The number of amides is 1. The van der Waals surface area contributed by atoms with E-state index in [1.54, 1.807) is 0 Å². The van der Waals surface area contributed by atoms with E-state index in [4.69, 9.17) is 15.9 Å². The van der Waals surface area contributed by atoms with Crippen molar-refractivity contribution in [2.45, 2.75) is 19.3 Å². The van der Waals surface area contributed by atoms with Gasteiger partial charge in [-0.1, -0.05) is 0 Å². The molecular weight excluding hydrogens is 184 g/mol. The first-order valence-electron chi connectivity index (χ1n) is 4.95. The summed E-state index contributed by atoms with van der Waals surface area (Å²) in [5, 5.41) is 17.4. The number of carbonyl (C=O) groups excluding carboxylic acids is 1. The molecule has 0 unspecified atom stereocenters. The highest BCUT2D eigenvalue weighted by Crippen LogP contribution is 1.99. The number of nitrogens with two attached hydrogens (primary N) is 1. The van der Waals surface area contributed by atoms with E-state index in [1.165, 1.54) is 4.90 Å². The summed E-state index contributed by atoms with van der Waals surface area (Å²) < 4.78 is 0. The second kappa shape index (κ2) is 8.93. The average molecular weight is 204 g/mol. The molecule has 0 aliphatic rings. The number of hydrogen-bond donors (Lipinski definition) is 3. The third kappa shape index (κ3) is 5.90. The lowest BCUT2D eigenvalue weighted by Crippen LogP contribution is -2.35. The summed E-state index contributed by atoms with van der Waals surface area (Å²) >= 11 is 0. The largest absolute Gasteiger partial charge is 0.395 e. The van der Waals surface area contributed by atoms with Gasteiger partial charge in [-0.25, -0.2) is 0 Å². The molecule has 0 saturated heterocycles. The molecule has 0 aromatic carbocycles. The molecule has 14 heavy (non-hydrogen) atoms. The smallest absolute Gasteiger partial charge is 0.222 e. The molecule has 0 aromatic heterocycles. The molecule has 0 aromatic rings. The van der Waals surface area contributed by atoms with Gasteiger partial charge in [0.15, 0.2) is 0 Å². The summed E-state index contributed by atoms with van der Waals surface area (Å²) in [6.07, 6.45) is 2.04. The molecule has 0 radical (unpaired) electrons. The van der Waals surface area contributed by atoms with Crippen molar-refractivity contribution in [3.8, 4) is 0 Å². The molecule has 0 aliphatic carbocycles. The monoisotopic (exact) mass is 204 g/mol. The fraction of sp³-hybridized carbons (Fsp3) is 0.889. The number of aliphatic hydroxyl groups is 2. The molecule has 5 nitrogen and oxygen atoms in total. The minimum atomic E-state index is -0.0668. The Bertz CT molecular complexity index is 147. The number of aliphatic hydroxyl groups excluding tert-OH is 2. The molecule has 84 valence electrons. The summed E-state index contributed by atoms with van der Waals surface area (Å²) in [5.74, 6) is -0.0263. The zero-order valence-corrected chi connectivity index (χ0v) is 8.48. The van der Waals surface area contributed by atoms with Gasteiger partial charge in [0.2, 0.25) is 5.91 Å². The van der Waals surface area contributed by atoms with Gasteiger partial charge in [-0.3, -0.25) is 4.79 Å². The van der Waals surface area contributed by atoms with Gasteiger partial charge in [0, 0.05) is 19.5 Å². The van der Waals surface area contributed by atoms with Crippen LogP contribution in [0.2, 0.25) is 0 Å². The quantitative estimate of drug-likeness (QED) is 0.439. The van der Waals surface area contributed by atoms with Crippen LogP contribution in [0.15, 0.2) is 0 Å². The van der Waals surface area contributed by atoms with Gasteiger partial charge >= 0.3 is 0 Å². The van der Waals surface area contributed by atoms with E-state index in [0.29, 0.717) is 26.1 Å². The van der Waals surface area contributed by atoms with Crippen LogP contribution in [-0.4, -0.2) is 53.9 Å². The van der Waals surface area contributed by atoms with Crippen LogP contribution in [0.25, 0.3) is 0 Å². The van der Waals surface area contributed by atoms with E-state index in [-0.39, 0.29) is 19.1 Å². The van der Waals surface area contributed by atoms with E-state index in [2.05, 4.69) is 0 Å². The van der Waals surface area contributed by atoms with Gasteiger partial charge in [-0.2, -0.15) is 0 Å². The molecule has 0 spiro atoms.